The van der Waals surface area contributed by atoms with E-state index in [0.29, 0.717) is 19.1 Å². The lowest BCUT2D eigenvalue weighted by Crippen LogP contribution is -2.26. The highest BCUT2D eigenvalue weighted by atomic mass is 79.9. The molecule has 1 aromatic carbocycles. The van der Waals surface area contributed by atoms with E-state index in [9.17, 15) is 0 Å². The predicted molar refractivity (Wildman–Crippen MR) is 82.9 cm³/mol. The fourth-order valence-corrected chi connectivity index (χ4v) is 2.17. The van der Waals surface area contributed by atoms with Crippen molar-refractivity contribution in [1.82, 2.24) is 5.32 Å². The predicted octanol–water partition coefficient (Wildman–Crippen LogP) is 3.31. The van der Waals surface area contributed by atoms with Crippen LogP contribution in [0.4, 0.5) is 0 Å². The average molecular weight is 330 g/mol. The average Bonchev–Trinajstić information content (AvgIpc) is 2.34. The molecule has 0 saturated carbocycles. The van der Waals surface area contributed by atoms with Crippen molar-refractivity contribution in [2.45, 2.75) is 39.2 Å². The Bertz CT molecular complexity index is 380. The first-order valence-corrected chi connectivity index (χ1v) is 7.61. The fraction of sp³-hybridized carbons (Fsp3) is 0.600. The van der Waals surface area contributed by atoms with Crippen molar-refractivity contribution in [2.24, 2.45) is 0 Å². The molecule has 1 aromatic rings. The van der Waals surface area contributed by atoms with Gasteiger partial charge in [0.15, 0.2) is 0 Å². The molecule has 0 fully saturated rings. The summed E-state index contributed by atoms with van der Waals surface area (Å²) in [7, 11) is 0. The second kappa shape index (κ2) is 8.56. The summed E-state index contributed by atoms with van der Waals surface area (Å²) in [6.45, 7) is 8.29. The van der Waals surface area contributed by atoms with Crippen LogP contribution in [0, 0.1) is 0 Å². The highest BCUT2D eigenvalue weighted by Crippen LogP contribution is 2.29. The van der Waals surface area contributed by atoms with Crippen LogP contribution in [-0.4, -0.2) is 30.9 Å². The van der Waals surface area contributed by atoms with Crippen molar-refractivity contribution >= 4 is 15.9 Å². The van der Waals surface area contributed by atoms with Crippen LogP contribution in [0.3, 0.4) is 0 Å². The smallest absolute Gasteiger partial charge is 0.122 e. The van der Waals surface area contributed by atoms with Crippen molar-refractivity contribution in [2.75, 3.05) is 19.7 Å². The lowest BCUT2D eigenvalue weighted by Gasteiger charge is -2.14. The van der Waals surface area contributed by atoms with E-state index >= 15 is 0 Å². The molecule has 0 aliphatic carbocycles. The van der Waals surface area contributed by atoms with Crippen molar-refractivity contribution in [3.63, 3.8) is 0 Å². The van der Waals surface area contributed by atoms with Gasteiger partial charge in [0.05, 0.1) is 12.7 Å². The quantitative estimate of drug-likeness (QED) is 0.719. The van der Waals surface area contributed by atoms with Gasteiger partial charge >= 0.3 is 0 Å². The number of aliphatic hydroxyl groups excluding tert-OH is 1. The van der Waals surface area contributed by atoms with Gasteiger partial charge < -0.3 is 15.2 Å². The number of hydrogen-bond donors (Lipinski definition) is 2. The molecule has 108 valence electrons. The zero-order chi connectivity index (χ0) is 14.3. The van der Waals surface area contributed by atoms with Gasteiger partial charge in [-0.05, 0) is 49.6 Å². The molecule has 0 heterocycles. The van der Waals surface area contributed by atoms with E-state index in [4.69, 9.17) is 9.84 Å². The maximum absolute atomic E-state index is 9.11. The second-order valence-corrected chi connectivity index (χ2v) is 6.01. The van der Waals surface area contributed by atoms with Crippen LogP contribution in [0.2, 0.25) is 0 Å². The van der Waals surface area contributed by atoms with Gasteiger partial charge in [-0.2, -0.15) is 0 Å². The molecule has 0 unspecified atom stereocenters. The number of ether oxygens (including phenoxy) is 1. The summed E-state index contributed by atoms with van der Waals surface area (Å²) in [5, 5.41) is 12.3. The third-order valence-electron chi connectivity index (χ3n) is 2.79. The van der Waals surface area contributed by atoms with Crippen molar-refractivity contribution in [1.29, 1.82) is 0 Å². The van der Waals surface area contributed by atoms with Gasteiger partial charge in [-0.1, -0.05) is 29.8 Å². The van der Waals surface area contributed by atoms with Gasteiger partial charge in [-0.3, -0.25) is 0 Å². The lowest BCUT2D eigenvalue weighted by atomic mass is 10.0. The Balaban J connectivity index is 2.37. The van der Waals surface area contributed by atoms with Crippen LogP contribution in [0.5, 0.6) is 5.75 Å². The van der Waals surface area contributed by atoms with E-state index in [1.165, 1.54) is 5.56 Å². The first-order chi connectivity index (χ1) is 9.00. The Morgan fingerprint density at radius 1 is 1.32 bits per heavy atom. The third kappa shape index (κ3) is 6.41. The molecule has 1 atom stereocenters. The first kappa shape index (κ1) is 16.5. The molecule has 0 radical (unpaired) electrons. The molecule has 0 aliphatic rings. The van der Waals surface area contributed by atoms with Crippen molar-refractivity contribution in [3.8, 4) is 5.75 Å². The van der Waals surface area contributed by atoms with Gasteiger partial charge in [-0.25, -0.2) is 0 Å². The van der Waals surface area contributed by atoms with Crippen LogP contribution in [0.25, 0.3) is 0 Å². The monoisotopic (exact) mass is 329 g/mol. The molecule has 19 heavy (non-hydrogen) atoms. The Labute approximate surface area is 124 Å². The molecule has 0 spiro atoms. The molecule has 0 amide bonds. The molecular weight excluding hydrogens is 306 g/mol. The zero-order valence-corrected chi connectivity index (χ0v) is 13.5. The maximum Gasteiger partial charge on any atom is 0.122 e. The van der Waals surface area contributed by atoms with E-state index in [1.807, 2.05) is 12.1 Å². The Kier molecular flexibility index (Phi) is 7.42. The minimum Gasteiger partial charge on any atom is -0.493 e. The number of benzene rings is 1. The minimum atomic E-state index is -0.292. The van der Waals surface area contributed by atoms with Crippen LogP contribution >= 0.6 is 15.9 Å². The van der Waals surface area contributed by atoms with E-state index in [-0.39, 0.29) is 6.10 Å². The largest absolute Gasteiger partial charge is 0.493 e. The number of rotatable bonds is 8. The van der Waals surface area contributed by atoms with Crippen molar-refractivity contribution < 1.29 is 9.84 Å². The fourth-order valence-electron chi connectivity index (χ4n) is 1.79. The highest BCUT2D eigenvalue weighted by Gasteiger charge is 2.08. The Hall–Kier alpha value is -0.580. The minimum absolute atomic E-state index is 0.292. The molecule has 1 rings (SSSR count). The molecule has 0 saturated heterocycles. The van der Waals surface area contributed by atoms with Gasteiger partial charge in [-0.15, -0.1) is 0 Å². The highest BCUT2D eigenvalue weighted by molar-refractivity contribution is 9.10. The van der Waals surface area contributed by atoms with E-state index in [2.05, 4.69) is 41.2 Å². The molecule has 3 nitrogen and oxygen atoms in total. The van der Waals surface area contributed by atoms with Crippen LogP contribution in [-0.2, 0) is 0 Å². The maximum atomic E-state index is 9.11. The van der Waals surface area contributed by atoms with Gasteiger partial charge in [0.2, 0.25) is 0 Å². The second-order valence-electron chi connectivity index (χ2n) is 5.09. The Morgan fingerprint density at radius 3 is 2.68 bits per heavy atom. The molecular formula is C15H24BrNO2. The van der Waals surface area contributed by atoms with Gasteiger partial charge in [0.25, 0.3) is 0 Å². The topological polar surface area (TPSA) is 41.5 Å². The molecule has 2 N–H and O–H groups in total. The van der Waals surface area contributed by atoms with E-state index < -0.39 is 0 Å². The summed E-state index contributed by atoms with van der Waals surface area (Å²) in [5.74, 6) is 1.41. The Morgan fingerprint density at radius 2 is 2.05 bits per heavy atom. The summed E-state index contributed by atoms with van der Waals surface area (Å²) in [6.07, 6.45) is 0.639. The van der Waals surface area contributed by atoms with Gasteiger partial charge in [0.1, 0.15) is 5.75 Å². The molecule has 0 aliphatic heterocycles. The van der Waals surface area contributed by atoms with E-state index in [0.717, 1.165) is 23.2 Å². The number of aliphatic hydroxyl groups is 1. The third-order valence-corrected chi connectivity index (χ3v) is 3.28. The van der Waals surface area contributed by atoms with E-state index in [1.54, 1.807) is 6.92 Å². The number of halogens is 1. The van der Waals surface area contributed by atoms with Gasteiger partial charge in [0, 0.05) is 11.0 Å². The summed E-state index contributed by atoms with van der Waals surface area (Å²) >= 11 is 3.49. The summed E-state index contributed by atoms with van der Waals surface area (Å²) < 4.78 is 6.92. The number of nitrogens with one attached hydrogen (secondary N) is 1. The zero-order valence-electron chi connectivity index (χ0n) is 11.9. The molecule has 0 aromatic heterocycles. The normalized spacial score (nSPS) is 12.7. The summed E-state index contributed by atoms with van der Waals surface area (Å²) in [5.41, 5.74) is 1.23. The van der Waals surface area contributed by atoms with Crippen LogP contribution < -0.4 is 10.1 Å². The lowest BCUT2D eigenvalue weighted by molar-refractivity contribution is 0.190. The number of hydrogen-bond acceptors (Lipinski definition) is 3. The molecule has 4 heteroatoms. The van der Waals surface area contributed by atoms with Crippen LogP contribution in [0.1, 0.15) is 38.7 Å². The summed E-state index contributed by atoms with van der Waals surface area (Å²) in [4.78, 5) is 0. The SMILES string of the molecule is CC(C)c1cc(Br)ccc1OCCCNC[C@@H](C)O. The standard InChI is InChI=1S/C15H24BrNO2/c1-11(2)14-9-13(16)5-6-15(14)19-8-4-7-17-10-12(3)18/h5-6,9,11-12,17-18H,4,7-8,10H2,1-3H3/t12-/m1/s1. The van der Waals surface area contributed by atoms with Crippen molar-refractivity contribution in [3.05, 3.63) is 28.2 Å². The van der Waals surface area contributed by atoms with Crippen LogP contribution in [0.15, 0.2) is 22.7 Å². The first-order valence-electron chi connectivity index (χ1n) is 6.81. The summed E-state index contributed by atoms with van der Waals surface area (Å²) in [6, 6.07) is 6.14. The molecule has 0 bridgehead atoms.